The number of cyclic esters (lactones) is 1. The van der Waals surface area contributed by atoms with Crippen LogP contribution < -0.4 is 0 Å². The first-order chi connectivity index (χ1) is 11.2. The Kier molecular flexibility index (Phi) is 2.81. The van der Waals surface area contributed by atoms with E-state index in [-0.39, 0.29) is 5.76 Å². The highest BCUT2D eigenvalue weighted by atomic mass is 16.6. The fraction of sp³-hybridized carbons (Fsp3) is 0. The first-order valence-corrected chi connectivity index (χ1v) is 6.98. The van der Waals surface area contributed by atoms with E-state index in [1.807, 2.05) is 36.4 Å². The minimum absolute atomic E-state index is 0.0259. The van der Waals surface area contributed by atoms with E-state index in [1.54, 1.807) is 6.07 Å². The molecule has 1 aliphatic heterocycles. The average Bonchev–Trinajstić information content (AvgIpc) is 3.05. The van der Waals surface area contributed by atoms with Crippen LogP contribution in [0, 0.1) is 0 Å². The number of furan rings is 1. The molecule has 1 aromatic heterocycles. The van der Waals surface area contributed by atoms with Crippen molar-refractivity contribution in [2.75, 3.05) is 0 Å². The second-order valence-electron chi connectivity index (χ2n) is 5.09. The van der Waals surface area contributed by atoms with E-state index in [9.17, 15) is 9.59 Å². The van der Waals surface area contributed by atoms with Crippen molar-refractivity contribution in [3.8, 4) is 0 Å². The van der Waals surface area contributed by atoms with Crippen LogP contribution in [0.5, 0.6) is 0 Å². The van der Waals surface area contributed by atoms with E-state index in [0.717, 1.165) is 38.6 Å². The van der Waals surface area contributed by atoms with Gasteiger partial charge in [-0.1, -0.05) is 30.8 Å². The highest BCUT2D eigenvalue weighted by Gasteiger charge is 2.34. The van der Waals surface area contributed by atoms with Crippen LogP contribution in [0.4, 0.5) is 4.79 Å². The SMILES string of the molecule is C=CN1C(=O)O/C(=C/c2ccc3oc4ccccc4c3c2)C1=O. The molecular formula is C18H11NO4. The average molecular weight is 305 g/mol. The quantitative estimate of drug-likeness (QED) is 0.670. The van der Waals surface area contributed by atoms with Crippen molar-refractivity contribution in [1.29, 1.82) is 0 Å². The van der Waals surface area contributed by atoms with Gasteiger partial charge in [-0.3, -0.25) is 4.79 Å². The minimum atomic E-state index is -0.744. The van der Waals surface area contributed by atoms with Crippen molar-refractivity contribution in [2.24, 2.45) is 0 Å². The summed E-state index contributed by atoms with van der Waals surface area (Å²) in [7, 11) is 0. The van der Waals surface area contributed by atoms with Crippen LogP contribution in [-0.2, 0) is 9.53 Å². The highest BCUT2D eigenvalue weighted by Crippen LogP contribution is 2.30. The van der Waals surface area contributed by atoms with Crippen molar-refractivity contribution in [3.63, 3.8) is 0 Å². The number of ether oxygens (including phenoxy) is 1. The fourth-order valence-corrected chi connectivity index (χ4v) is 2.62. The maximum Gasteiger partial charge on any atom is 0.426 e. The summed E-state index contributed by atoms with van der Waals surface area (Å²) < 4.78 is 10.7. The van der Waals surface area contributed by atoms with Crippen molar-refractivity contribution in [2.45, 2.75) is 0 Å². The molecule has 3 aromatic rings. The molecule has 0 unspecified atom stereocenters. The normalized spacial score (nSPS) is 16.5. The lowest BCUT2D eigenvalue weighted by atomic mass is 10.1. The first kappa shape index (κ1) is 13.3. The maximum absolute atomic E-state index is 12.0. The third-order valence-electron chi connectivity index (χ3n) is 3.70. The number of carbonyl (C=O) groups is 2. The third kappa shape index (κ3) is 2.02. The number of fused-ring (bicyclic) bond motifs is 3. The molecule has 1 fully saturated rings. The largest absolute Gasteiger partial charge is 0.456 e. The van der Waals surface area contributed by atoms with Gasteiger partial charge in [0.15, 0.2) is 5.76 Å². The Labute approximate surface area is 131 Å². The lowest BCUT2D eigenvalue weighted by Crippen LogP contribution is -2.21. The zero-order valence-corrected chi connectivity index (χ0v) is 12.0. The molecule has 0 radical (unpaired) electrons. The van der Waals surface area contributed by atoms with Gasteiger partial charge in [0.05, 0.1) is 0 Å². The van der Waals surface area contributed by atoms with Crippen molar-refractivity contribution >= 4 is 40.0 Å². The van der Waals surface area contributed by atoms with Crippen LogP contribution in [0.15, 0.2) is 65.4 Å². The van der Waals surface area contributed by atoms with Gasteiger partial charge in [0.1, 0.15) is 11.2 Å². The monoisotopic (exact) mass is 305 g/mol. The summed E-state index contributed by atoms with van der Waals surface area (Å²) in [5.74, 6) is -0.552. The maximum atomic E-state index is 12.0. The van der Waals surface area contributed by atoms with Gasteiger partial charge in [-0.2, -0.15) is 0 Å². The van der Waals surface area contributed by atoms with Crippen LogP contribution in [0.25, 0.3) is 28.0 Å². The van der Waals surface area contributed by atoms with Crippen molar-refractivity contribution in [3.05, 3.63) is 66.6 Å². The standard InChI is InChI=1S/C18H11NO4/c1-2-19-17(20)16(23-18(19)21)10-11-7-8-15-13(9-11)12-5-3-4-6-14(12)22-15/h2-10H,1H2/b16-10+. The topological polar surface area (TPSA) is 59.8 Å². The van der Waals surface area contributed by atoms with Gasteiger partial charge in [0, 0.05) is 17.0 Å². The van der Waals surface area contributed by atoms with E-state index in [0.29, 0.717) is 0 Å². The predicted octanol–water partition coefficient (Wildman–Crippen LogP) is 4.05. The number of hydrogen-bond donors (Lipinski definition) is 0. The zero-order valence-electron chi connectivity index (χ0n) is 12.0. The molecule has 2 amide bonds. The van der Waals surface area contributed by atoms with E-state index >= 15 is 0 Å². The highest BCUT2D eigenvalue weighted by molar-refractivity contribution is 6.11. The predicted molar refractivity (Wildman–Crippen MR) is 85.2 cm³/mol. The molecule has 0 spiro atoms. The molecule has 0 aliphatic carbocycles. The van der Waals surface area contributed by atoms with Gasteiger partial charge in [0.2, 0.25) is 0 Å². The molecule has 5 heteroatoms. The Morgan fingerprint density at radius 2 is 1.78 bits per heavy atom. The molecule has 5 nitrogen and oxygen atoms in total. The Morgan fingerprint density at radius 1 is 1.00 bits per heavy atom. The molecule has 0 N–H and O–H groups in total. The smallest absolute Gasteiger partial charge is 0.426 e. The summed E-state index contributed by atoms with van der Waals surface area (Å²) in [4.78, 5) is 24.3. The second-order valence-corrected chi connectivity index (χ2v) is 5.09. The van der Waals surface area contributed by atoms with E-state index in [2.05, 4.69) is 6.58 Å². The number of para-hydroxylation sites is 1. The zero-order chi connectivity index (χ0) is 16.0. The minimum Gasteiger partial charge on any atom is -0.456 e. The number of amides is 2. The van der Waals surface area contributed by atoms with Gasteiger partial charge < -0.3 is 9.15 Å². The molecule has 112 valence electrons. The van der Waals surface area contributed by atoms with E-state index in [1.165, 1.54) is 6.08 Å². The van der Waals surface area contributed by atoms with Crippen LogP contribution in [-0.4, -0.2) is 16.9 Å². The molecular weight excluding hydrogens is 294 g/mol. The summed E-state index contributed by atoms with van der Waals surface area (Å²) in [6.07, 6.45) is 1.93. The molecule has 0 atom stereocenters. The second kappa shape index (κ2) is 4.84. The van der Waals surface area contributed by atoms with E-state index in [4.69, 9.17) is 9.15 Å². The number of carbonyl (C=O) groups excluding carboxylic acids is 2. The number of hydrogen-bond acceptors (Lipinski definition) is 4. The summed E-state index contributed by atoms with van der Waals surface area (Å²) in [6, 6.07) is 13.2. The molecule has 4 rings (SSSR count). The van der Waals surface area contributed by atoms with Gasteiger partial charge >= 0.3 is 12.0 Å². The lowest BCUT2D eigenvalue weighted by molar-refractivity contribution is -0.121. The van der Waals surface area contributed by atoms with Crippen LogP contribution in [0.1, 0.15) is 5.56 Å². The van der Waals surface area contributed by atoms with Crippen molar-refractivity contribution in [1.82, 2.24) is 4.90 Å². The molecule has 0 bridgehead atoms. The molecule has 2 aromatic carbocycles. The summed E-state index contributed by atoms with van der Waals surface area (Å²) in [5, 5.41) is 1.93. The Morgan fingerprint density at radius 3 is 2.57 bits per heavy atom. The van der Waals surface area contributed by atoms with Crippen molar-refractivity contribution < 1.29 is 18.7 Å². The van der Waals surface area contributed by atoms with Crippen LogP contribution in [0.3, 0.4) is 0 Å². The van der Waals surface area contributed by atoms with E-state index < -0.39 is 12.0 Å². The molecule has 2 heterocycles. The van der Waals surface area contributed by atoms with Crippen LogP contribution in [0.2, 0.25) is 0 Å². The summed E-state index contributed by atoms with van der Waals surface area (Å²) >= 11 is 0. The Balaban J connectivity index is 1.82. The lowest BCUT2D eigenvalue weighted by Gasteiger charge is -1.99. The molecule has 23 heavy (non-hydrogen) atoms. The third-order valence-corrected chi connectivity index (χ3v) is 3.70. The number of imide groups is 1. The number of nitrogens with zero attached hydrogens (tertiary/aromatic N) is 1. The fourth-order valence-electron chi connectivity index (χ4n) is 2.62. The Bertz CT molecular complexity index is 1010. The van der Waals surface area contributed by atoms with Gasteiger partial charge in [-0.15, -0.1) is 0 Å². The molecule has 0 saturated carbocycles. The van der Waals surface area contributed by atoms with Gasteiger partial charge in [-0.25, -0.2) is 9.69 Å². The van der Waals surface area contributed by atoms with Gasteiger partial charge in [-0.05, 0) is 29.8 Å². The number of rotatable bonds is 2. The first-order valence-electron chi connectivity index (χ1n) is 6.98. The summed E-state index contributed by atoms with van der Waals surface area (Å²) in [5.41, 5.74) is 2.30. The number of benzene rings is 2. The molecule has 1 aliphatic rings. The van der Waals surface area contributed by atoms with Crippen LogP contribution >= 0.6 is 0 Å². The summed E-state index contributed by atoms with van der Waals surface area (Å²) in [6.45, 7) is 3.42. The van der Waals surface area contributed by atoms with Gasteiger partial charge in [0.25, 0.3) is 0 Å². The molecule has 1 saturated heterocycles. The Hall–Kier alpha value is -3.34.